The lowest BCUT2D eigenvalue weighted by molar-refractivity contribution is -0.120. The minimum Gasteiger partial charge on any atom is -0.351 e. The maximum Gasteiger partial charge on any atom is 0.210 e. The molecule has 2 aromatic rings. The molecule has 148 valence electrons. The Balaban J connectivity index is 0.000000221. The largest absolute Gasteiger partial charge is 0.351 e. The van der Waals surface area contributed by atoms with Gasteiger partial charge in [-0.15, -0.1) is 10.2 Å². The van der Waals surface area contributed by atoms with Gasteiger partial charge < -0.3 is 9.80 Å². The lowest BCUT2D eigenvalue weighted by Crippen LogP contribution is -2.51. The number of carbonyl (C=O) groups excluding carboxylic acids is 1. The number of hydrogen-bond acceptors (Lipinski definition) is 5. The highest BCUT2D eigenvalue weighted by Gasteiger charge is 2.23. The van der Waals surface area contributed by atoms with Crippen LogP contribution in [0.15, 0.2) is 36.4 Å². The Morgan fingerprint density at radius 3 is 2.36 bits per heavy atom. The van der Waals surface area contributed by atoms with Gasteiger partial charge in [0.1, 0.15) is 6.07 Å². The fourth-order valence-corrected chi connectivity index (χ4v) is 3.03. The second kappa shape index (κ2) is 10.4. The molecule has 1 amide bonds. The molecule has 6 heteroatoms. The van der Waals surface area contributed by atoms with Gasteiger partial charge in [0.05, 0.1) is 0 Å². The molecule has 6 nitrogen and oxygen atoms in total. The number of nitriles is 1. The number of hydrogen-bond donors (Lipinski definition) is 0. The van der Waals surface area contributed by atoms with Crippen LogP contribution in [0.1, 0.15) is 50.4 Å². The van der Waals surface area contributed by atoms with E-state index >= 15 is 0 Å². The van der Waals surface area contributed by atoms with E-state index in [1.54, 1.807) is 17.0 Å². The van der Waals surface area contributed by atoms with Gasteiger partial charge in [0.15, 0.2) is 11.5 Å². The Kier molecular flexibility index (Phi) is 7.94. The van der Waals surface area contributed by atoms with Gasteiger partial charge in [0.2, 0.25) is 6.41 Å². The minimum atomic E-state index is 0.165. The molecule has 0 radical (unpaired) electrons. The Labute approximate surface area is 167 Å². The molecule has 0 N–H and O–H groups in total. The molecule has 1 saturated heterocycles. The van der Waals surface area contributed by atoms with Crippen LogP contribution in [-0.2, 0) is 11.2 Å². The first-order valence-electron chi connectivity index (χ1n) is 9.77. The van der Waals surface area contributed by atoms with Gasteiger partial charge in [-0.2, -0.15) is 5.26 Å². The van der Waals surface area contributed by atoms with E-state index < -0.39 is 0 Å². The average molecular weight is 380 g/mol. The summed E-state index contributed by atoms with van der Waals surface area (Å²) in [5.74, 6) is 1.40. The first-order chi connectivity index (χ1) is 13.5. The summed E-state index contributed by atoms with van der Waals surface area (Å²) >= 11 is 0. The molecule has 3 rings (SSSR count). The Morgan fingerprint density at radius 2 is 1.89 bits per heavy atom. The SMILES string of the molecule is CC1CN(c2ccc(C#N)nn2)CCN1C=O.CCc1ccc(C(C)C)cc1. The predicted octanol–water partition coefficient (Wildman–Crippen LogP) is 3.39. The summed E-state index contributed by atoms with van der Waals surface area (Å²) in [5, 5.41) is 16.4. The van der Waals surface area contributed by atoms with Crippen LogP contribution in [0, 0.1) is 11.3 Å². The molecule has 1 fully saturated rings. The highest BCUT2D eigenvalue weighted by molar-refractivity contribution is 5.50. The zero-order chi connectivity index (χ0) is 20.5. The highest BCUT2D eigenvalue weighted by Crippen LogP contribution is 2.15. The molecule has 0 bridgehead atoms. The summed E-state index contributed by atoms with van der Waals surface area (Å²) < 4.78 is 0. The van der Waals surface area contributed by atoms with E-state index in [-0.39, 0.29) is 6.04 Å². The van der Waals surface area contributed by atoms with Crippen LogP contribution >= 0.6 is 0 Å². The Hall–Kier alpha value is -2.94. The van der Waals surface area contributed by atoms with Gasteiger partial charge in [-0.1, -0.05) is 45.0 Å². The van der Waals surface area contributed by atoms with Crippen molar-refractivity contribution in [1.29, 1.82) is 5.26 Å². The summed E-state index contributed by atoms with van der Waals surface area (Å²) in [7, 11) is 0. The Morgan fingerprint density at radius 1 is 1.18 bits per heavy atom. The standard InChI is InChI=1S/C11H13N5O.C11H16/c1-9-7-15(4-5-16(9)8-17)11-3-2-10(6-12)13-14-11;1-4-10-5-7-11(8-6-10)9(2)3/h2-3,8-9H,4-5,7H2,1H3;5-9H,4H2,1-3H3. The van der Waals surface area contributed by atoms with E-state index in [1.807, 2.05) is 13.0 Å². The molecule has 1 aliphatic heterocycles. The number of nitrogens with zero attached hydrogens (tertiary/aromatic N) is 5. The zero-order valence-electron chi connectivity index (χ0n) is 17.2. The van der Waals surface area contributed by atoms with Crippen LogP contribution in [0.2, 0.25) is 0 Å². The van der Waals surface area contributed by atoms with E-state index in [4.69, 9.17) is 5.26 Å². The van der Waals surface area contributed by atoms with Crippen molar-refractivity contribution in [2.45, 2.75) is 46.1 Å². The molecule has 0 spiro atoms. The van der Waals surface area contributed by atoms with Crippen molar-refractivity contribution in [1.82, 2.24) is 15.1 Å². The number of piperazine rings is 1. The van der Waals surface area contributed by atoms with Gasteiger partial charge in [0.25, 0.3) is 0 Å². The maximum absolute atomic E-state index is 10.7. The predicted molar refractivity (Wildman–Crippen MR) is 111 cm³/mol. The van der Waals surface area contributed by atoms with E-state index in [0.29, 0.717) is 18.2 Å². The van der Waals surface area contributed by atoms with Crippen LogP contribution in [0.25, 0.3) is 0 Å². The molecule has 1 unspecified atom stereocenters. The molecule has 0 saturated carbocycles. The fraction of sp³-hybridized carbons (Fsp3) is 0.455. The molecular weight excluding hydrogens is 350 g/mol. The number of aryl methyl sites for hydroxylation is 1. The highest BCUT2D eigenvalue weighted by atomic mass is 16.1. The van der Waals surface area contributed by atoms with Crippen LogP contribution in [0.5, 0.6) is 0 Å². The third kappa shape index (κ3) is 5.78. The van der Waals surface area contributed by atoms with Gasteiger partial charge in [-0.05, 0) is 42.5 Å². The van der Waals surface area contributed by atoms with E-state index in [1.165, 1.54) is 11.1 Å². The summed E-state index contributed by atoms with van der Waals surface area (Å²) in [5.41, 5.74) is 3.17. The summed E-state index contributed by atoms with van der Waals surface area (Å²) in [6, 6.07) is 14.4. The van der Waals surface area contributed by atoms with Crippen molar-refractivity contribution in [3.05, 3.63) is 53.2 Å². The quantitative estimate of drug-likeness (QED) is 0.762. The summed E-state index contributed by atoms with van der Waals surface area (Å²) in [4.78, 5) is 14.6. The van der Waals surface area contributed by atoms with E-state index in [0.717, 1.165) is 31.7 Å². The summed E-state index contributed by atoms with van der Waals surface area (Å²) in [6.07, 6.45) is 2.02. The number of rotatable bonds is 4. The van der Waals surface area contributed by atoms with Gasteiger partial charge in [-0.3, -0.25) is 4.79 Å². The maximum atomic E-state index is 10.7. The first-order valence-corrected chi connectivity index (χ1v) is 9.77. The molecule has 1 aromatic carbocycles. The number of aromatic nitrogens is 2. The van der Waals surface area contributed by atoms with Crippen molar-refractivity contribution in [2.24, 2.45) is 0 Å². The van der Waals surface area contributed by atoms with Gasteiger partial charge >= 0.3 is 0 Å². The lowest BCUT2D eigenvalue weighted by atomic mass is 10.0. The van der Waals surface area contributed by atoms with E-state index in [9.17, 15) is 4.79 Å². The molecule has 0 aliphatic carbocycles. The first kappa shape index (κ1) is 21.4. The van der Waals surface area contributed by atoms with Crippen LogP contribution < -0.4 is 4.90 Å². The monoisotopic (exact) mass is 379 g/mol. The molecule has 28 heavy (non-hydrogen) atoms. The van der Waals surface area contributed by atoms with Crippen molar-refractivity contribution < 1.29 is 4.79 Å². The number of carbonyl (C=O) groups is 1. The van der Waals surface area contributed by atoms with Gasteiger partial charge in [0, 0.05) is 25.7 Å². The molecular formula is C22H29N5O. The lowest BCUT2D eigenvalue weighted by Gasteiger charge is -2.38. The van der Waals surface area contributed by atoms with E-state index in [2.05, 4.69) is 60.1 Å². The third-order valence-corrected chi connectivity index (χ3v) is 4.96. The smallest absolute Gasteiger partial charge is 0.210 e. The van der Waals surface area contributed by atoms with Crippen molar-refractivity contribution in [3.63, 3.8) is 0 Å². The van der Waals surface area contributed by atoms with Gasteiger partial charge in [-0.25, -0.2) is 0 Å². The number of anilines is 1. The van der Waals surface area contributed by atoms with Crippen LogP contribution in [0.3, 0.4) is 0 Å². The van der Waals surface area contributed by atoms with Crippen molar-refractivity contribution >= 4 is 12.2 Å². The molecule has 2 heterocycles. The van der Waals surface area contributed by atoms with Crippen molar-refractivity contribution in [3.8, 4) is 6.07 Å². The topological polar surface area (TPSA) is 73.1 Å². The molecule has 1 aliphatic rings. The normalized spacial score (nSPS) is 16.2. The second-order valence-electron chi connectivity index (χ2n) is 7.28. The third-order valence-electron chi connectivity index (χ3n) is 4.96. The zero-order valence-corrected chi connectivity index (χ0v) is 17.2. The number of amides is 1. The summed E-state index contributed by atoms with van der Waals surface area (Å²) in [6.45, 7) is 10.8. The Bertz CT molecular complexity index is 780. The average Bonchev–Trinajstić information content (AvgIpc) is 2.74. The second-order valence-corrected chi connectivity index (χ2v) is 7.28. The van der Waals surface area contributed by atoms with Crippen LogP contribution in [-0.4, -0.2) is 47.2 Å². The number of benzene rings is 1. The molecule has 1 atom stereocenters. The van der Waals surface area contributed by atoms with Crippen LogP contribution in [0.4, 0.5) is 5.82 Å². The molecule has 1 aromatic heterocycles. The minimum absolute atomic E-state index is 0.165. The van der Waals surface area contributed by atoms with Crippen molar-refractivity contribution in [2.75, 3.05) is 24.5 Å². The fourth-order valence-electron chi connectivity index (χ4n) is 3.03.